The lowest BCUT2D eigenvalue weighted by Gasteiger charge is -2.27. The predicted molar refractivity (Wildman–Crippen MR) is 61.2 cm³/mol. The summed E-state index contributed by atoms with van der Waals surface area (Å²) in [5, 5.41) is 0. The molecule has 1 fully saturated rings. The molecule has 1 heterocycles. The van der Waals surface area contributed by atoms with Crippen LogP contribution in [0.15, 0.2) is 0 Å². The fraction of sp³-hybridized carbons (Fsp3) is 0.900. The molecule has 1 saturated heterocycles. The fourth-order valence-electron chi connectivity index (χ4n) is 1.19. The second-order valence-corrected chi connectivity index (χ2v) is 6.21. The highest BCUT2D eigenvalue weighted by Gasteiger charge is 2.31. The first kappa shape index (κ1) is 14.4. The Morgan fingerprint density at radius 3 is 2.65 bits per heavy atom. The molecule has 100 valence electrons. The molecule has 0 aromatic carbocycles. The second-order valence-electron chi connectivity index (χ2n) is 4.61. The van der Waals surface area contributed by atoms with Crippen LogP contribution in [0.2, 0.25) is 0 Å². The Kier molecular flexibility index (Phi) is 4.51. The number of carbonyl (C=O) groups excluding carboxylic acids is 1. The Hall–Kier alpha value is -0.660. The van der Waals surface area contributed by atoms with Gasteiger partial charge in [-0.1, -0.05) is 6.92 Å². The molecule has 0 atom stereocenters. The maximum Gasteiger partial charge on any atom is 0.341 e. The summed E-state index contributed by atoms with van der Waals surface area (Å²) in [6.07, 6.45) is 1.24. The molecule has 1 rings (SSSR count). The van der Waals surface area contributed by atoms with Gasteiger partial charge < -0.3 is 4.74 Å². The average molecular weight is 265 g/mol. The van der Waals surface area contributed by atoms with Crippen molar-refractivity contribution in [1.82, 2.24) is 4.31 Å². The van der Waals surface area contributed by atoms with Gasteiger partial charge in [-0.15, -0.1) is 4.31 Å². The lowest BCUT2D eigenvalue weighted by molar-refractivity contribution is -0.157. The summed E-state index contributed by atoms with van der Waals surface area (Å²) < 4.78 is 33.5. The minimum absolute atomic E-state index is 0.188. The van der Waals surface area contributed by atoms with Gasteiger partial charge in [0.05, 0.1) is 12.0 Å². The van der Waals surface area contributed by atoms with E-state index in [-0.39, 0.29) is 13.3 Å². The molecule has 17 heavy (non-hydrogen) atoms. The number of ether oxygens (including phenoxy) is 1. The van der Waals surface area contributed by atoms with Crippen molar-refractivity contribution < 1.29 is 22.1 Å². The molecule has 0 aliphatic carbocycles. The van der Waals surface area contributed by atoms with Crippen molar-refractivity contribution in [1.29, 1.82) is 0 Å². The largest absolute Gasteiger partial charge is 0.448 e. The Morgan fingerprint density at radius 2 is 2.12 bits per heavy atom. The van der Waals surface area contributed by atoms with E-state index in [0.717, 1.165) is 4.31 Å². The van der Waals surface area contributed by atoms with Gasteiger partial charge in [0, 0.05) is 6.54 Å². The van der Waals surface area contributed by atoms with Gasteiger partial charge in [-0.2, -0.15) is 8.42 Å². The molecular weight excluding hydrogens is 246 g/mol. The quantitative estimate of drug-likeness (QED) is 0.706. The van der Waals surface area contributed by atoms with Gasteiger partial charge in [-0.3, -0.25) is 8.98 Å². The second kappa shape index (κ2) is 5.32. The summed E-state index contributed by atoms with van der Waals surface area (Å²) in [7, 11) is -3.72. The summed E-state index contributed by atoms with van der Waals surface area (Å²) in [4.78, 5) is 11.7. The van der Waals surface area contributed by atoms with Gasteiger partial charge in [-0.25, -0.2) is 0 Å². The minimum atomic E-state index is -3.72. The molecule has 0 spiro atoms. The zero-order valence-corrected chi connectivity index (χ0v) is 11.2. The van der Waals surface area contributed by atoms with E-state index in [1.807, 2.05) is 6.92 Å². The summed E-state index contributed by atoms with van der Waals surface area (Å²) in [5.41, 5.74) is -0.597. The molecule has 0 bridgehead atoms. The lowest BCUT2D eigenvalue weighted by atomic mass is 9.91. The van der Waals surface area contributed by atoms with E-state index in [9.17, 15) is 13.2 Å². The molecule has 0 saturated carbocycles. The van der Waals surface area contributed by atoms with Crippen molar-refractivity contribution in [3.63, 3.8) is 0 Å². The van der Waals surface area contributed by atoms with E-state index >= 15 is 0 Å². The third-order valence-electron chi connectivity index (χ3n) is 2.88. The van der Waals surface area contributed by atoms with Crippen LogP contribution in [-0.4, -0.2) is 38.6 Å². The van der Waals surface area contributed by atoms with E-state index in [4.69, 9.17) is 4.74 Å². The molecule has 7 heteroatoms. The number of carbonyl (C=O) groups is 1. The molecule has 0 aromatic rings. The van der Waals surface area contributed by atoms with Gasteiger partial charge >= 0.3 is 16.3 Å². The van der Waals surface area contributed by atoms with Crippen molar-refractivity contribution in [3.8, 4) is 0 Å². The Labute approximate surface area is 102 Å². The molecule has 1 aliphatic rings. The van der Waals surface area contributed by atoms with E-state index in [1.165, 1.54) is 0 Å². The smallest absolute Gasteiger partial charge is 0.341 e. The Balaban J connectivity index is 2.53. The van der Waals surface area contributed by atoms with Crippen molar-refractivity contribution in [2.24, 2.45) is 5.41 Å². The monoisotopic (exact) mass is 265 g/mol. The minimum Gasteiger partial charge on any atom is -0.448 e. The van der Waals surface area contributed by atoms with Crippen LogP contribution in [0, 0.1) is 5.41 Å². The summed E-state index contributed by atoms with van der Waals surface area (Å²) in [6, 6.07) is 0. The third kappa shape index (κ3) is 3.65. The van der Waals surface area contributed by atoms with Crippen LogP contribution < -0.4 is 0 Å². The molecule has 0 unspecified atom stereocenters. The van der Waals surface area contributed by atoms with Crippen LogP contribution in [0.5, 0.6) is 0 Å². The van der Waals surface area contributed by atoms with Crippen molar-refractivity contribution in [2.45, 2.75) is 33.6 Å². The summed E-state index contributed by atoms with van der Waals surface area (Å²) in [5.74, 6) is -0.402. The fourth-order valence-corrected chi connectivity index (χ4v) is 2.20. The third-order valence-corrected chi connectivity index (χ3v) is 4.26. The maximum absolute atomic E-state index is 11.7. The van der Waals surface area contributed by atoms with E-state index in [1.54, 1.807) is 13.8 Å². The van der Waals surface area contributed by atoms with E-state index in [2.05, 4.69) is 4.18 Å². The molecule has 0 aromatic heterocycles. The zero-order valence-electron chi connectivity index (χ0n) is 10.4. The van der Waals surface area contributed by atoms with Crippen LogP contribution in [0.4, 0.5) is 0 Å². The van der Waals surface area contributed by atoms with Gasteiger partial charge in [-0.05, 0) is 26.7 Å². The first-order valence-electron chi connectivity index (χ1n) is 5.61. The maximum atomic E-state index is 11.7. The zero-order chi connectivity index (χ0) is 13.1. The highest BCUT2D eigenvalue weighted by Crippen LogP contribution is 2.22. The van der Waals surface area contributed by atoms with Crippen molar-refractivity contribution in [2.75, 3.05) is 19.9 Å². The SMILES string of the molecule is CCC(C)(C)C(=O)OCN1CCCOS1(=O)=O. The number of nitrogens with zero attached hydrogens (tertiary/aromatic N) is 1. The molecule has 6 nitrogen and oxygen atoms in total. The highest BCUT2D eigenvalue weighted by atomic mass is 32.2. The van der Waals surface area contributed by atoms with E-state index in [0.29, 0.717) is 19.4 Å². The van der Waals surface area contributed by atoms with Crippen LogP contribution >= 0.6 is 0 Å². The number of hydrogen-bond donors (Lipinski definition) is 0. The van der Waals surface area contributed by atoms with Crippen molar-refractivity contribution >= 4 is 16.3 Å². The first-order valence-corrected chi connectivity index (χ1v) is 6.98. The molecule has 0 N–H and O–H groups in total. The normalized spacial score (nSPS) is 21.1. The highest BCUT2D eigenvalue weighted by molar-refractivity contribution is 7.84. The molecular formula is C10H19NO5S. The average Bonchev–Trinajstić information content (AvgIpc) is 2.26. The van der Waals surface area contributed by atoms with Gasteiger partial charge in [0.25, 0.3) is 0 Å². The number of esters is 1. The molecule has 0 radical (unpaired) electrons. The van der Waals surface area contributed by atoms with Crippen LogP contribution in [0.25, 0.3) is 0 Å². The van der Waals surface area contributed by atoms with Crippen LogP contribution in [0.3, 0.4) is 0 Å². The van der Waals surface area contributed by atoms with Crippen LogP contribution in [-0.2, 0) is 24.0 Å². The number of rotatable bonds is 4. The summed E-state index contributed by atoms with van der Waals surface area (Å²) in [6.45, 7) is 5.63. The Morgan fingerprint density at radius 1 is 1.47 bits per heavy atom. The van der Waals surface area contributed by atoms with Gasteiger partial charge in [0.15, 0.2) is 6.73 Å². The topological polar surface area (TPSA) is 72.9 Å². The first-order chi connectivity index (χ1) is 7.79. The number of hydrogen-bond acceptors (Lipinski definition) is 5. The summed E-state index contributed by atoms with van der Waals surface area (Å²) >= 11 is 0. The van der Waals surface area contributed by atoms with Gasteiger partial charge in [0.1, 0.15) is 0 Å². The predicted octanol–water partition coefficient (Wildman–Crippen LogP) is 0.890. The molecule has 1 aliphatic heterocycles. The van der Waals surface area contributed by atoms with Crippen molar-refractivity contribution in [3.05, 3.63) is 0 Å². The Bertz CT molecular complexity index is 376. The van der Waals surface area contributed by atoms with Crippen LogP contribution in [0.1, 0.15) is 33.6 Å². The molecule has 0 amide bonds. The van der Waals surface area contributed by atoms with E-state index < -0.39 is 21.7 Å². The lowest BCUT2D eigenvalue weighted by Crippen LogP contribution is -2.41. The standard InChI is InChI=1S/C10H19NO5S/c1-4-10(2,3)9(12)15-8-11-6-5-7-16-17(11,13)14/h4-8H2,1-3H3. The van der Waals surface area contributed by atoms with Gasteiger partial charge in [0.2, 0.25) is 0 Å².